The first-order valence-corrected chi connectivity index (χ1v) is 10.4. The summed E-state index contributed by atoms with van der Waals surface area (Å²) in [5, 5.41) is 6.30. The van der Waals surface area contributed by atoms with Crippen LogP contribution >= 0.6 is 0 Å². The van der Waals surface area contributed by atoms with Gasteiger partial charge < -0.3 is 15.4 Å². The fourth-order valence-corrected chi connectivity index (χ4v) is 4.08. The zero-order valence-electron chi connectivity index (χ0n) is 14.9. The third kappa shape index (κ3) is 5.71. The van der Waals surface area contributed by atoms with Crippen molar-refractivity contribution >= 4 is 16.0 Å². The van der Waals surface area contributed by atoms with Gasteiger partial charge in [0.2, 0.25) is 0 Å². The van der Waals surface area contributed by atoms with Crippen LogP contribution in [-0.4, -0.2) is 69.1 Å². The standard InChI is InChI=1S/C15H27F3N4O3S/c1-2-19-14(20-8-5-13-4-3-11-25-13)21-12-6-9-22(10-7-12)26(23,24)15(16,17)18/h12-13H,2-11H2,1H3,(H2,19,20,21). The van der Waals surface area contributed by atoms with Gasteiger partial charge in [0.05, 0.1) is 6.10 Å². The molecule has 2 N–H and O–H groups in total. The van der Waals surface area contributed by atoms with E-state index in [0.29, 0.717) is 36.2 Å². The van der Waals surface area contributed by atoms with Crippen LogP contribution in [0, 0.1) is 0 Å². The number of sulfonamides is 1. The van der Waals surface area contributed by atoms with Gasteiger partial charge in [0.1, 0.15) is 0 Å². The van der Waals surface area contributed by atoms with Gasteiger partial charge in [-0.05, 0) is 39.0 Å². The van der Waals surface area contributed by atoms with Crippen molar-refractivity contribution in [3.8, 4) is 0 Å². The highest BCUT2D eigenvalue weighted by Crippen LogP contribution is 2.28. The molecule has 2 aliphatic rings. The second-order valence-corrected chi connectivity index (χ2v) is 8.38. The molecule has 0 spiro atoms. The lowest BCUT2D eigenvalue weighted by molar-refractivity contribution is -0.0494. The minimum absolute atomic E-state index is 0.116. The van der Waals surface area contributed by atoms with Gasteiger partial charge in [-0.1, -0.05) is 0 Å². The molecule has 2 fully saturated rings. The molecule has 0 bridgehead atoms. The summed E-state index contributed by atoms with van der Waals surface area (Å²) in [5.74, 6) is 0.600. The van der Waals surface area contributed by atoms with Crippen molar-refractivity contribution in [2.24, 2.45) is 4.99 Å². The van der Waals surface area contributed by atoms with Gasteiger partial charge in [-0.25, -0.2) is 8.42 Å². The SMILES string of the molecule is CCNC(=NCCC1CCCO1)NC1CCN(S(=O)(=O)C(F)(F)F)CC1. The van der Waals surface area contributed by atoms with Crippen LogP contribution in [0.1, 0.15) is 39.0 Å². The van der Waals surface area contributed by atoms with Gasteiger partial charge in [0.15, 0.2) is 5.96 Å². The maximum absolute atomic E-state index is 12.6. The normalized spacial score (nSPS) is 24.0. The van der Waals surface area contributed by atoms with Crippen LogP contribution < -0.4 is 10.6 Å². The molecule has 2 rings (SSSR count). The van der Waals surface area contributed by atoms with Crippen LogP contribution in [0.4, 0.5) is 13.2 Å². The Hall–Kier alpha value is -1.07. The van der Waals surface area contributed by atoms with E-state index >= 15 is 0 Å². The molecule has 11 heteroatoms. The summed E-state index contributed by atoms with van der Waals surface area (Å²) < 4.78 is 66.8. The summed E-state index contributed by atoms with van der Waals surface area (Å²) in [4.78, 5) is 4.48. The smallest absolute Gasteiger partial charge is 0.378 e. The Morgan fingerprint density at radius 2 is 1.96 bits per heavy atom. The molecule has 0 aromatic rings. The highest BCUT2D eigenvalue weighted by atomic mass is 32.2. The lowest BCUT2D eigenvalue weighted by Crippen LogP contribution is -2.51. The third-order valence-corrected chi connectivity index (χ3v) is 6.15. The first kappa shape index (κ1) is 21.2. The summed E-state index contributed by atoms with van der Waals surface area (Å²) in [6.45, 7) is 3.67. The van der Waals surface area contributed by atoms with E-state index in [1.807, 2.05) is 6.92 Å². The number of rotatable bonds is 6. The van der Waals surface area contributed by atoms with Gasteiger partial charge in [-0.3, -0.25) is 4.99 Å². The van der Waals surface area contributed by atoms with E-state index in [9.17, 15) is 21.6 Å². The predicted octanol–water partition coefficient (Wildman–Crippen LogP) is 1.42. The number of guanidine groups is 1. The molecule has 0 saturated carbocycles. The summed E-state index contributed by atoms with van der Waals surface area (Å²) in [7, 11) is -5.24. The summed E-state index contributed by atoms with van der Waals surface area (Å²) in [6.07, 6.45) is 3.80. The molecule has 2 aliphatic heterocycles. The molecule has 1 atom stereocenters. The van der Waals surface area contributed by atoms with Gasteiger partial charge >= 0.3 is 15.5 Å². The highest BCUT2D eigenvalue weighted by Gasteiger charge is 2.50. The van der Waals surface area contributed by atoms with Crippen LogP contribution in [0.25, 0.3) is 0 Å². The van der Waals surface area contributed by atoms with Crippen molar-refractivity contribution in [3.63, 3.8) is 0 Å². The summed E-state index contributed by atoms with van der Waals surface area (Å²) in [5.41, 5.74) is -5.24. The molecule has 26 heavy (non-hydrogen) atoms. The third-order valence-electron chi connectivity index (χ3n) is 4.52. The van der Waals surface area contributed by atoms with Gasteiger partial charge in [-0.2, -0.15) is 17.5 Å². The highest BCUT2D eigenvalue weighted by molar-refractivity contribution is 7.90. The van der Waals surface area contributed by atoms with Gasteiger partial charge in [0.25, 0.3) is 0 Å². The van der Waals surface area contributed by atoms with Crippen LogP contribution in [0.15, 0.2) is 4.99 Å². The number of nitrogens with zero attached hydrogens (tertiary/aromatic N) is 2. The Kier molecular flexibility index (Phi) is 7.53. The van der Waals surface area contributed by atoms with Crippen LogP contribution in [0.2, 0.25) is 0 Å². The second kappa shape index (κ2) is 9.23. The number of ether oxygens (including phenoxy) is 1. The first-order valence-electron chi connectivity index (χ1n) is 8.97. The fraction of sp³-hybridized carbons (Fsp3) is 0.933. The van der Waals surface area contributed by atoms with E-state index in [0.717, 1.165) is 25.9 Å². The number of alkyl halides is 3. The molecule has 0 amide bonds. The predicted molar refractivity (Wildman–Crippen MR) is 92.3 cm³/mol. The van der Waals surface area contributed by atoms with Crippen LogP contribution in [-0.2, 0) is 14.8 Å². The average molecular weight is 400 g/mol. The van der Waals surface area contributed by atoms with Crippen molar-refractivity contribution in [2.75, 3.05) is 32.8 Å². The average Bonchev–Trinajstić information content (AvgIpc) is 3.08. The lowest BCUT2D eigenvalue weighted by Gasteiger charge is -2.32. The van der Waals surface area contributed by atoms with Crippen molar-refractivity contribution in [3.05, 3.63) is 0 Å². The van der Waals surface area contributed by atoms with Crippen molar-refractivity contribution in [1.29, 1.82) is 0 Å². The fourth-order valence-electron chi connectivity index (χ4n) is 3.09. The molecule has 0 aromatic carbocycles. The summed E-state index contributed by atoms with van der Waals surface area (Å²) >= 11 is 0. The van der Waals surface area contributed by atoms with E-state index in [1.54, 1.807) is 0 Å². The molecule has 7 nitrogen and oxygen atoms in total. The number of hydrogen-bond donors (Lipinski definition) is 2. The number of halogens is 3. The maximum Gasteiger partial charge on any atom is 0.511 e. The molecule has 2 heterocycles. The molecule has 1 unspecified atom stereocenters. The van der Waals surface area contributed by atoms with E-state index in [-0.39, 0.29) is 25.2 Å². The number of piperidine rings is 1. The van der Waals surface area contributed by atoms with E-state index in [1.165, 1.54) is 0 Å². The Morgan fingerprint density at radius 3 is 2.50 bits per heavy atom. The Morgan fingerprint density at radius 1 is 1.27 bits per heavy atom. The number of nitrogens with one attached hydrogen (secondary N) is 2. The molecule has 2 saturated heterocycles. The molecule has 0 radical (unpaired) electrons. The molecule has 152 valence electrons. The minimum Gasteiger partial charge on any atom is -0.378 e. The van der Waals surface area contributed by atoms with E-state index in [2.05, 4.69) is 15.6 Å². The van der Waals surface area contributed by atoms with Gasteiger partial charge in [-0.15, -0.1) is 0 Å². The van der Waals surface area contributed by atoms with Gasteiger partial charge in [0, 0.05) is 38.8 Å². The number of hydrogen-bond acceptors (Lipinski definition) is 4. The topological polar surface area (TPSA) is 83.0 Å². The lowest BCUT2D eigenvalue weighted by atomic mass is 10.1. The Bertz CT molecular complexity index is 569. The zero-order chi connectivity index (χ0) is 19.2. The second-order valence-electron chi connectivity index (χ2n) is 6.45. The maximum atomic E-state index is 12.6. The zero-order valence-corrected chi connectivity index (χ0v) is 15.7. The van der Waals surface area contributed by atoms with Crippen molar-refractivity contribution < 1.29 is 26.3 Å². The monoisotopic (exact) mass is 400 g/mol. The van der Waals surface area contributed by atoms with Crippen LogP contribution in [0.5, 0.6) is 0 Å². The van der Waals surface area contributed by atoms with E-state index < -0.39 is 15.5 Å². The van der Waals surface area contributed by atoms with Crippen molar-refractivity contribution in [1.82, 2.24) is 14.9 Å². The van der Waals surface area contributed by atoms with Crippen molar-refractivity contribution in [2.45, 2.75) is 56.7 Å². The molecule has 0 aliphatic carbocycles. The molecule has 0 aromatic heterocycles. The van der Waals surface area contributed by atoms with Crippen LogP contribution in [0.3, 0.4) is 0 Å². The Balaban J connectivity index is 1.82. The summed E-state index contributed by atoms with van der Waals surface area (Å²) in [6, 6.07) is -0.116. The molecular formula is C15H27F3N4O3S. The minimum atomic E-state index is -5.24. The Labute approximate surface area is 152 Å². The van der Waals surface area contributed by atoms with E-state index in [4.69, 9.17) is 4.74 Å². The molecular weight excluding hydrogens is 373 g/mol. The quantitative estimate of drug-likeness (QED) is 0.521. The number of aliphatic imine (C=N–C) groups is 1. The largest absolute Gasteiger partial charge is 0.511 e. The first-order chi connectivity index (χ1) is 12.2.